The van der Waals surface area contributed by atoms with E-state index in [4.69, 9.17) is 10.8 Å². The highest BCUT2D eigenvalue weighted by atomic mass is 32.1. The molecule has 0 radical (unpaired) electrons. The normalized spacial score (nSPS) is 20.9. The number of rotatable bonds is 2. The van der Waals surface area contributed by atoms with Gasteiger partial charge in [0.25, 0.3) is 5.91 Å². The number of nitrogen functional groups attached to an aromatic ring is 1. The van der Waals surface area contributed by atoms with E-state index in [2.05, 4.69) is 4.98 Å². The molecule has 0 bridgehead atoms. The van der Waals surface area contributed by atoms with Gasteiger partial charge >= 0.3 is 0 Å². The van der Waals surface area contributed by atoms with Gasteiger partial charge in [0.05, 0.1) is 12.6 Å². The van der Waals surface area contributed by atoms with Gasteiger partial charge in [0.1, 0.15) is 5.69 Å². The Morgan fingerprint density at radius 3 is 3.20 bits per heavy atom. The minimum absolute atomic E-state index is 0.0192. The van der Waals surface area contributed by atoms with E-state index in [1.54, 1.807) is 10.3 Å². The van der Waals surface area contributed by atoms with Gasteiger partial charge in [-0.1, -0.05) is 0 Å². The van der Waals surface area contributed by atoms with Crippen LogP contribution in [0.15, 0.2) is 5.38 Å². The number of amides is 1. The number of aromatic nitrogens is 1. The molecule has 0 aliphatic carbocycles. The molecule has 1 atom stereocenters. The highest BCUT2D eigenvalue weighted by molar-refractivity contribution is 7.13. The summed E-state index contributed by atoms with van der Waals surface area (Å²) < 4.78 is 0. The van der Waals surface area contributed by atoms with E-state index in [-0.39, 0.29) is 18.6 Å². The lowest BCUT2D eigenvalue weighted by molar-refractivity contribution is 0.0672. The Hall–Kier alpha value is -1.14. The lowest BCUT2D eigenvalue weighted by atomic mass is 10.2. The summed E-state index contributed by atoms with van der Waals surface area (Å²) in [6.45, 7) is 0.715. The number of hydrogen-bond acceptors (Lipinski definition) is 5. The van der Waals surface area contributed by atoms with Gasteiger partial charge in [0.2, 0.25) is 0 Å². The van der Waals surface area contributed by atoms with Crippen LogP contribution in [0.25, 0.3) is 0 Å². The van der Waals surface area contributed by atoms with Crippen molar-refractivity contribution in [2.45, 2.75) is 18.9 Å². The molecular formula is C9H13N3O2S. The molecule has 1 saturated heterocycles. The summed E-state index contributed by atoms with van der Waals surface area (Å²) in [6, 6.07) is -0.0552. The summed E-state index contributed by atoms with van der Waals surface area (Å²) in [5.74, 6) is -0.125. The van der Waals surface area contributed by atoms with Gasteiger partial charge in [-0.2, -0.15) is 0 Å². The van der Waals surface area contributed by atoms with E-state index < -0.39 is 0 Å². The predicted molar refractivity (Wildman–Crippen MR) is 57.7 cm³/mol. The van der Waals surface area contributed by atoms with E-state index in [9.17, 15) is 4.79 Å². The maximum absolute atomic E-state index is 11.9. The third kappa shape index (κ3) is 1.95. The van der Waals surface area contributed by atoms with Crippen LogP contribution in [0.5, 0.6) is 0 Å². The van der Waals surface area contributed by atoms with Crippen molar-refractivity contribution in [1.29, 1.82) is 0 Å². The zero-order valence-electron chi connectivity index (χ0n) is 8.22. The topological polar surface area (TPSA) is 79.5 Å². The van der Waals surface area contributed by atoms with Gasteiger partial charge in [0, 0.05) is 11.9 Å². The van der Waals surface area contributed by atoms with E-state index >= 15 is 0 Å². The zero-order chi connectivity index (χ0) is 10.8. The lowest BCUT2D eigenvalue weighted by Gasteiger charge is -2.21. The summed E-state index contributed by atoms with van der Waals surface area (Å²) in [5, 5.41) is 11.2. The van der Waals surface area contributed by atoms with Crippen molar-refractivity contribution in [2.75, 3.05) is 18.9 Å². The smallest absolute Gasteiger partial charge is 0.273 e. The molecule has 0 aromatic carbocycles. The van der Waals surface area contributed by atoms with Crippen LogP contribution >= 0.6 is 11.3 Å². The fraction of sp³-hybridized carbons (Fsp3) is 0.556. The number of nitrogens with two attached hydrogens (primary N) is 1. The fourth-order valence-electron chi connectivity index (χ4n) is 1.83. The number of thiazole rings is 1. The molecule has 6 heteroatoms. The maximum Gasteiger partial charge on any atom is 0.273 e. The van der Waals surface area contributed by atoms with Crippen LogP contribution in [-0.4, -0.2) is 40.1 Å². The maximum atomic E-state index is 11.9. The van der Waals surface area contributed by atoms with Crippen LogP contribution in [0, 0.1) is 0 Å². The lowest BCUT2D eigenvalue weighted by Crippen LogP contribution is -2.37. The van der Waals surface area contributed by atoms with Crippen LogP contribution in [0.1, 0.15) is 23.3 Å². The van der Waals surface area contributed by atoms with Gasteiger partial charge in [-0.15, -0.1) is 11.3 Å². The highest BCUT2D eigenvalue weighted by Crippen LogP contribution is 2.21. The Morgan fingerprint density at radius 2 is 2.60 bits per heavy atom. The van der Waals surface area contributed by atoms with Crippen molar-refractivity contribution in [3.8, 4) is 0 Å². The molecule has 5 nitrogen and oxygen atoms in total. The molecule has 1 aromatic heterocycles. The number of carbonyl (C=O) groups excluding carboxylic acids is 1. The second-order valence-electron chi connectivity index (χ2n) is 3.55. The van der Waals surface area contributed by atoms with Crippen LogP contribution in [0.4, 0.5) is 5.13 Å². The number of likely N-dealkylation sites (tertiary alicyclic amines) is 1. The molecule has 1 aliphatic heterocycles. The molecule has 0 saturated carbocycles. The second kappa shape index (κ2) is 4.16. The molecule has 3 N–H and O–H groups in total. The predicted octanol–water partition coefficient (Wildman–Crippen LogP) is 0.322. The molecule has 1 aromatic rings. The summed E-state index contributed by atoms with van der Waals surface area (Å²) in [7, 11) is 0. The number of aliphatic hydroxyl groups is 1. The Balaban J connectivity index is 2.13. The van der Waals surface area contributed by atoms with Crippen LogP contribution in [0.2, 0.25) is 0 Å². The number of hydrogen-bond donors (Lipinski definition) is 2. The third-order valence-corrected chi connectivity index (χ3v) is 3.26. The minimum atomic E-state index is -0.125. The van der Waals surface area contributed by atoms with E-state index in [0.29, 0.717) is 17.4 Å². The van der Waals surface area contributed by atoms with E-state index in [0.717, 1.165) is 12.8 Å². The highest BCUT2D eigenvalue weighted by Gasteiger charge is 2.29. The van der Waals surface area contributed by atoms with Crippen molar-refractivity contribution >= 4 is 22.4 Å². The molecule has 82 valence electrons. The third-order valence-electron chi connectivity index (χ3n) is 2.59. The first-order chi connectivity index (χ1) is 7.22. The molecule has 2 heterocycles. The average molecular weight is 227 g/mol. The number of aliphatic hydroxyl groups excluding tert-OH is 1. The zero-order valence-corrected chi connectivity index (χ0v) is 9.04. The Kier molecular flexibility index (Phi) is 2.88. The van der Waals surface area contributed by atoms with Gasteiger partial charge in [0.15, 0.2) is 5.13 Å². The van der Waals surface area contributed by atoms with Crippen molar-refractivity contribution in [3.05, 3.63) is 11.1 Å². The molecule has 2 rings (SSSR count). The van der Waals surface area contributed by atoms with Crippen LogP contribution in [-0.2, 0) is 0 Å². The molecule has 0 spiro atoms. The number of anilines is 1. The monoisotopic (exact) mass is 227 g/mol. The Labute approximate surface area is 91.5 Å². The van der Waals surface area contributed by atoms with Gasteiger partial charge in [-0.05, 0) is 12.8 Å². The molecule has 1 aliphatic rings. The SMILES string of the molecule is Nc1nc(C(=O)N2CCCC2CO)cs1. The van der Waals surface area contributed by atoms with Crippen molar-refractivity contribution in [1.82, 2.24) is 9.88 Å². The summed E-state index contributed by atoms with van der Waals surface area (Å²) in [5.41, 5.74) is 5.86. The second-order valence-corrected chi connectivity index (χ2v) is 4.44. The van der Waals surface area contributed by atoms with E-state index in [1.165, 1.54) is 11.3 Å². The largest absolute Gasteiger partial charge is 0.394 e. The van der Waals surface area contributed by atoms with Crippen LogP contribution < -0.4 is 5.73 Å². The Bertz CT molecular complexity index is 366. The molecular weight excluding hydrogens is 214 g/mol. The quantitative estimate of drug-likeness (QED) is 0.762. The molecule has 15 heavy (non-hydrogen) atoms. The van der Waals surface area contributed by atoms with Crippen molar-refractivity contribution in [3.63, 3.8) is 0 Å². The van der Waals surface area contributed by atoms with E-state index in [1.807, 2.05) is 0 Å². The first kappa shape index (κ1) is 10.4. The van der Waals surface area contributed by atoms with Crippen molar-refractivity contribution < 1.29 is 9.90 Å². The number of carbonyl (C=O) groups is 1. The average Bonchev–Trinajstić information content (AvgIpc) is 2.84. The minimum Gasteiger partial charge on any atom is -0.394 e. The van der Waals surface area contributed by atoms with Gasteiger partial charge in [-0.3, -0.25) is 4.79 Å². The van der Waals surface area contributed by atoms with Crippen LogP contribution in [0.3, 0.4) is 0 Å². The molecule has 1 unspecified atom stereocenters. The molecule has 1 fully saturated rings. The summed E-state index contributed by atoms with van der Waals surface area (Å²) in [4.78, 5) is 17.6. The van der Waals surface area contributed by atoms with Gasteiger partial charge in [-0.25, -0.2) is 4.98 Å². The first-order valence-corrected chi connectivity index (χ1v) is 5.73. The first-order valence-electron chi connectivity index (χ1n) is 4.85. The number of nitrogens with zero attached hydrogens (tertiary/aromatic N) is 2. The Morgan fingerprint density at radius 1 is 1.80 bits per heavy atom. The fourth-order valence-corrected chi connectivity index (χ4v) is 2.36. The summed E-state index contributed by atoms with van der Waals surface area (Å²) >= 11 is 1.26. The summed E-state index contributed by atoms with van der Waals surface area (Å²) in [6.07, 6.45) is 1.80. The van der Waals surface area contributed by atoms with Gasteiger partial charge < -0.3 is 15.7 Å². The molecule has 1 amide bonds. The van der Waals surface area contributed by atoms with Crippen molar-refractivity contribution in [2.24, 2.45) is 0 Å². The standard InChI is InChI=1S/C9H13N3O2S/c10-9-11-7(5-15-9)8(14)12-3-1-2-6(12)4-13/h5-6,13H,1-4H2,(H2,10,11).